The van der Waals surface area contributed by atoms with Gasteiger partial charge in [0.15, 0.2) is 0 Å². The lowest BCUT2D eigenvalue weighted by Gasteiger charge is -2.20. The fourth-order valence-corrected chi connectivity index (χ4v) is 4.43. The van der Waals surface area contributed by atoms with Crippen LogP contribution in [-0.4, -0.2) is 35.6 Å². The summed E-state index contributed by atoms with van der Waals surface area (Å²) in [7, 11) is 0. The Bertz CT molecular complexity index is 1260. The van der Waals surface area contributed by atoms with Gasteiger partial charge in [-0.3, -0.25) is 0 Å². The van der Waals surface area contributed by atoms with Gasteiger partial charge in [-0.2, -0.15) is 18.4 Å². The number of hydrogen-bond acceptors (Lipinski definition) is 5. The number of amides is 1. The van der Waals surface area contributed by atoms with Crippen molar-refractivity contribution in [2.24, 2.45) is 0 Å². The number of ether oxygens (including phenoxy) is 1. The predicted molar refractivity (Wildman–Crippen MR) is 125 cm³/mol. The lowest BCUT2D eigenvalue weighted by atomic mass is 9.97. The smallest absolute Gasteiger partial charge is 0.417 e. The fourth-order valence-electron chi connectivity index (χ4n) is 4.43. The molecule has 3 aromatic rings. The number of carbonyl (C=O) groups is 1. The van der Waals surface area contributed by atoms with E-state index in [1.165, 1.54) is 6.07 Å². The van der Waals surface area contributed by atoms with Gasteiger partial charge in [0.05, 0.1) is 23.3 Å². The number of nitriles is 1. The Balaban J connectivity index is 1.30. The van der Waals surface area contributed by atoms with Gasteiger partial charge >= 0.3 is 12.3 Å². The SMILES string of the molecule is N#Cc1ccc(C(O)C(O)CCNC(=O)OCC2c3ccccc3-c3ccccc32)cc1C(F)(F)F. The second kappa shape index (κ2) is 10.4. The zero-order chi connectivity index (χ0) is 25.9. The van der Waals surface area contributed by atoms with Crippen LogP contribution in [0.5, 0.6) is 0 Å². The predicted octanol–water partition coefficient (Wildman–Crippen LogP) is 4.90. The molecule has 0 aromatic heterocycles. The van der Waals surface area contributed by atoms with Gasteiger partial charge in [-0.25, -0.2) is 4.79 Å². The third kappa shape index (κ3) is 5.20. The number of halogens is 3. The highest BCUT2D eigenvalue weighted by Gasteiger charge is 2.35. The number of rotatable bonds is 7. The molecule has 1 aliphatic carbocycles. The molecule has 0 fully saturated rings. The standard InChI is InChI=1S/C27H23F3N2O4/c28-27(29,30)23-13-16(9-10-17(23)14-31)25(34)24(33)11-12-32-26(35)36-15-22-20-7-3-1-5-18(20)19-6-2-4-8-21(19)22/h1-10,13,22,24-25,33-34H,11-12,15H2,(H,32,35). The molecule has 0 bridgehead atoms. The average Bonchev–Trinajstić information content (AvgIpc) is 3.19. The third-order valence-corrected chi connectivity index (χ3v) is 6.23. The molecule has 0 aliphatic heterocycles. The van der Waals surface area contributed by atoms with E-state index < -0.39 is 35.6 Å². The largest absolute Gasteiger partial charge is 0.449 e. The van der Waals surface area contributed by atoms with E-state index in [1.54, 1.807) is 0 Å². The molecular formula is C27H23F3N2O4. The Labute approximate surface area is 205 Å². The molecule has 6 nitrogen and oxygen atoms in total. The van der Waals surface area contributed by atoms with Crippen LogP contribution in [0.3, 0.4) is 0 Å². The summed E-state index contributed by atoms with van der Waals surface area (Å²) < 4.78 is 44.9. The van der Waals surface area contributed by atoms with Crippen molar-refractivity contribution in [2.45, 2.75) is 30.7 Å². The van der Waals surface area contributed by atoms with Crippen LogP contribution in [0.15, 0.2) is 66.7 Å². The first kappa shape index (κ1) is 25.2. The minimum absolute atomic E-state index is 0.0721. The maximum absolute atomic E-state index is 13.2. The first-order valence-electron chi connectivity index (χ1n) is 11.3. The molecule has 4 rings (SSSR count). The van der Waals surface area contributed by atoms with Gasteiger partial charge in [0.1, 0.15) is 12.7 Å². The highest BCUT2D eigenvalue weighted by molar-refractivity contribution is 5.79. The Morgan fingerprint density at radius 2 is 1.64 bits per heavy atom. The molecular weight excluding hydrogens is 473 g/mol. The second-order valence-electron chi connectivity index (χ2n) is 8.47. The van der Waals surface area contributed by atoms with E-state index in [9.17, 15) is 28.2 Å². The molecule has 36 heavy (non-hydrogen) atoms. The lowest BCUT2D eigenvalue weighted by Crippen LogP contribution is -2.30. The Morgan fingerprint density at radius 3 is 2.22 bits per heavy atom. The summed E-state index contributed by atoms with van der Waals surface area (Å²) in [4.78, 5) is 12.2. The molecule has 186 valence electrons. The maximum Gasteiger partial charge on any atom is 0.417 e. The molecule has 0 saturated heterocycles. The van der Waals surface area contributed by atoms with Gasteiger partial charge in [-0.1, -0.05) is 54.6 Å². The van der Waals surface area contributed by atoms with Crippen molar-refractivity contribution in [3.63, 3.8) is 0 Å². The molecule has 1 aliphatic rings. The normalized spacial score (nSPS) is 14.3. The van der Waals surface area contributed by atoms with Crippen LogP contribution < -0.4 is 5.32 Å². The van der Waals surface area contributed by atoms with E-state index in [0.717, 1.165) is 34.4 Å². The van der Waals surface area contributed by atoms with Gasteiger partial charge in [-0.05, 0) is 46.4 Å². The van der Waals surface area contributed by atoms with Crippen LogP contribution >= 0.6 is 0 Å². The van der Waals surface area contributed by atoms with Crippen LogP contribution in [0.4, 0.5) is 18.0 Å². The van der Waals surface area contributed by atoms with Gasteiger partial charge < -0.3 is 20.3 Å². The molecule has 0 saturated carbocycles. The fraction of sp³-hybridized carbons (Fsp3) is 0.259. The number of alkyl halides is 3. The van der Waals surface area contributed by atoms with Crippen LogP contribution in [-0.2, 0) is 10.9 Å². The number of alkyl carbamates (subject to hydrolysis) is 1. The number of carbonyl (C=O) groups excluding carboxylic acids is 1. The van der Waals surface area contributed by atoms with Gasteiger partial charge in [0.2, 0.25) is 0 Å². The van der Waals surface area contributed by atoms with Crippen LogP contribution in [0.25, 0.3) is 11.1 Å². The van der Waals surface area contributed by atoms with E-state index in [0.29, 0.717) is 6.07 Å². The van der Waals surface area contributed by atoms with Crippen molar-refractivity contribution in [3.8, 4) is 17.2 Å². The molecule has 9 heteroatoms. The van der Waals surface area contributed by atoms with Crippen molar-refractivity contribution >= 4 is 6.09 Å². The third-order valence-electron chi connectivity index (χ3n) is 6.23. The Morgan fingerprint density at radius 1 is 1.03 bits per heavy atom. The summed E-state index contributed by atoms with van der Waals surface area (Å²) in [6, 6.07) is 20.0. The summed E-state index contributed by atoms with van der Waals surface area (Å²) in [5.41, 5.74) is 2.35. The first-order chi connectivity index (χ1) is 17.2. The van der Waals surface area contributed by atoms with Crippen LogP contribution in [0, 0.1) is 11.3 Å². The molecule has 0 spiro atoms. The maximum atomic E-state index is 13.2. The van der Waals surface area contributed by atoms with Crippen molar-refractivity contribution in [1.82, 2.24) is 5.32 Å². The second-order valence-corrected chi connectivity index (χ2v) is 8.47. The summed E-state index contributed by atoms with van der Waals surface area (Å²) in [5.74, 6) is -0.116. The molecule has 1 amide bonds. The lowest BCUT2D eigenvalue weighted by molar-refractivity contribution is -0.137. The van der Waals surface area contributed by atoms with Gasteiger partial charge in [0, 0.05) is 12.5 Å². The molecule has 3 N–H and O–H groups in total. The van der Waals surface area contributed by atoms with Crippen LogP contribution in [0.2, 0.25) is 0 Å². The van der Waals surface area contributed by atoms with Crippen molar-refractivity contribution in [2.75, 3.05) is 13.2 Å². The number of hydrogen-bond donors (Lipinski definition) is 3. The van der Waals surface area contributed by atoms with Gasteiger partial charge in [-0.15, -0.1) is 0 Å². The Hall–Kier alpha value is -3.87. The zero-order valence-electron chi connectivity index (χ0n) is 19.0. The van der Waals surface area contributed by atoms with Crippen molar-refractivity contribution < 1.29 is 32.9 Å². The number of benzene rings is 3. The summed E-state index contributed by atoms with van der Waals surface area (Å²) in [5, 5.41) is 31.9. The number of aliphatic hydroxyl groups is 2. The Kier molecular flexibility index (Phi) is 7.29. The molecule has 0 radical (unpaired) electrons. The zero-order valence-corrected chi connectivity index (χ0v) is 19.0. The number of nitrogens with one attached hydrogen (secondary N) is 1. The van der Waals surface area contributed by atoms with E-state index >= 15 is 0 Å². The quantitative estimate of drug-likeness (QED) is 0.432. The van der Waals surface area contributed by atoms with E-state index in [4.69, 9.17) is 10.00 Å². The van der Waals surface area contributed by atoms with E-state index in [1.807, 2.05) is 48.5 Å². The van der Waals surface area contributed by atoms with E-state index in [2.05, 4.69) is 5.32 Å². The number of nitrogens with zero attached hydrogens (tertiary/aromatic N) is 1. The summed E-state index contributed by atoms with van der Waals surface area (Å²) >= 11 is 0. The van der Waals surface area contributed by atoms with Gasteiger partial charge in [0.25, 0.3) is 0 Å². The average molecular weight is 496 g/mol. The minimum Gasteiger partial charge on any atom is -0.449 e. The summed E-state index contributed by atoms with van der Waals surface area (Å²) in [6.07, 6.45) is -8.71. The van der Waals surface area contributed by atoms with Crippen molar-refractivity contribution in [1.29, 1.82) is 5.26 Å². The minimum atomic E-state index is -4.78. The monoisotopic (exact) mass is 496 g/mol. The number of aliphatic hydroxyl groups excluding tert-OH is 2. The van der Waals surface area contributed by atoms with Crippen molar-refractivity contribution in [3.05, 3.63) is 94.5 Å². The number of fused-ring (bicyclic) bond motifs is 3. The van der Waals surface area contributed by atoms with Crippen LogP contribution in [0.1, 0.15) is 46.3 Å². The molecule has 0 heterocycles. The highest BCUT2D eigenvalue weighted by Crippen LogP contribution is 2.44. The molecule has 3 aromatic carbocycles. The highest BCUT2D eigenvalue weighted by atomic mass is 19.4. The summed E-state index contributed by atoms with van der Waals surface area (Å²) in [6.45, 7) is 0.0355. The molecule has 2 atom stereocenters. The first-order valence-corrected chi connectivity index (χ1v) is 11.3. The topological polar surface area (TPSA) is 103 Å². The van der Waals surface area contributed by atoms with E-state index in [-0.39, 0.29) is 31.1 Å². The molecule has 2 unspecified atom stereocenters.